The zero-order valence-electron chi connectivity index (χ0n) is 17.8. The Morgan fingerprint density at radius 1 is 1.15 bits per heavy atom. The van der Waals surface area contributed by atoms with Gasteiger partial charge >= 0.3 is 12.1 Å². The van der Waals surface area contributed by atoms with Gasteiger partial charge in [0.1, 0.15) is 12.4 Å². The summed E-state index contributed by atoms with van der Waals surface area (Å²) in [5.41, 5.74) is -0.906. The zero-order valence-corrected chi connectivity index (χ0v) is 20.2. The molecule has 0 aromatic heterocycles. The Kier molecular flexibility index (Phi) is 7.11. The first-order valence-electron chi connectivity index (χ1n) is 10.5. The van der Waals surface area contributed by atoms with Gasteiger partial charge < -0.3 is 14.2 Å². The summed E-state index contributed by atoms with van der Waals surface area (Å²) in [6.07, 6.45) is -4.47. The molecule has 0 aliphatic carbocycles. The maximum atomic E-state index is 13.4. The molecule has 1 saturated heterocycles. The second-order valence-corrected chi connectivity index (χ2v) is 10.7. The number of sulfonamides is 1. The number of carbonyl (C=O) groups is 1. The maximum Gasteiger partial charge on any atom is 0.416 e. The molecule has 2 aromatic carbocycles. The number of halogens is 4. The number of hydrogen-bond donors (Lipinski definition) is 0. The van der Waals surface area contributed by atoms with E-state index < -0.39 is 38.7 Å². The zero-order chi connectivity index (χ0) is 24.5. The number of benzene rings is 2. The summed E-state index contributed by atoms with van der Waals surface area (Å²) in [6, 6.07) is 8.25. The Morgan fingerprint density at radius 2 is 1.88 bits per heavy atom. The van der Waals surface area contributed by atoms with Crippen LogP contribution in [0.4, 0.5) is 18.9 Å². The largest absolute Gasteiger partial charge is 0.483 e. The van der Waals surface area contributed by atoms with E-state index in [2.05, 4.69) is 15.9 Å². The third kappa shape index (κ3) is 5.33. The van der Waals surface area contributed by atoms with Gasteiger partial charge in [0.25, 0.3) is 10.0 Å². The molecule has 2 aliphatic rings. The summed E-state index contributed by atoms with van der Waals surface area (Å²) in [7, 11) is -4.39. The number of alkyl halides is 3. The molecular weight excluding hydrogens is 543 g/mol. The van der Waals surface area contributed by atoms with Gasteiger partial charge in [-0.05, 0) is 49.2 Å². The summed E-state index contributed by atoms with van der Waals surface area (Å²) < 4.78 is 84.5. The monoisotopic (exact) mass is 563 g/mol. The number of esters is 1. The first-order chi connectivity index (χ1) is 16.1. The van der Waals surface area contributed by atoms with E-state index in [0.29, 0.717) is 36.6 Å². The van der Waals surface area contributed by atoms with Gasteiger partial charge in [-0.15, -0.1) is 0 Å². The minimum atomic E-state index is -4.70. The van der Waals surface area contributed by atoms with Crippen molar-refractivity contribution in [1.29, 1.82) is 0 Å². The highest BCUT2D eigenvalue weighted by Gasteiger charge is 2.37. The minimum absolute atomic E-state index is 0.166. The van der Waals surface area contributed by atoms with Gasteiger partial charge in [-0.1, -0.05) is 22.0 Å². The predicted octanol–water partition coefficient (Wildman–Crippen LogP) is 4.39. The van der Waals surface area contributed by atoms with Crippen LogP contribution < -0.4 is 9.04 Å². The van der Waals surface area contributed by atoms with Gasteiger partial charge in [-0.2, -0.15) is 13.2 Å². The first kappa shape index (κ1) is 24.8. The Balaban J connectivity index is 1.60. The van der Waals surface area contributed by atoms with E-state index in [-0.39, 0.29) is 30.5 Å². The van der Waals surface area contributed by atoms with Crippen LogP contribution >= 0.6 is 15.9 Å². The summed E-state index contributed by atoms with van der Waals surface area (Å²) in [5, 5.41) is 0. The minimum Gasteiger partial charge on any atom is -0.483 e. The highest BCUT2D eigenvalue weighted by atomic mass is 79.9. The molecule has 0 unspecified atom stereocenters. The van der Waals surface area contributed by atoms with Crippen LogP contribution in [0.5, 0.6) is 5.75 Å². The van der Waals surface area contributed by atoms with Gasteiger partial charge in [0.05, 0.1) is 28.6 Å². The van der Waals surface area contributed by atoms with Crippen LogP contribution in [0.3, 0.4) is 0 Å². The lowest BCUT2D eigenvalue weighted by molar-refractivity contribution is -0.154. The quantitative estimate of drug-likeness (QED) is 0.502. The Hall–Kier alpha value is -2.31. The van der Waals surface area contributed by atoms with Crippen molar-refractivity contribution in [2.45, 2.75) is 30.0 Å². The fourth-order valence-corrected chi connectivity index (χ4v) is 5.68. The number of rotatable bonds is 5. The van der Waals surface area contributed by atoms with Crippen LogP contribution in [0, 0.1) is 5.92 Å². The molecule has 0 N–H and O–H groups in total. The van der Waals surface area contributed by atoms with E-state index in [9.17, 15) is 26.4 Å². The molecule has 1 fully saturated rings. The molecule has 12 heteroatoms. The number of nitrogens with zero attached hydrogens (tertiary/aromatic N) is 1. The lowest BCUT2D eigenvalue weighted by Gasteiger charge is -2.35. The molecule has 184 valence electrons. The van der Waals surface area contributed by atoms with Gasteiger partial charge in [0, 0.05) is 17.7 Å². The van der Waals surface area contributed by atoms with Crippen LogP contribution in [-0.4, -0.2) is 46.9 Å². The van der Waals surface area contributed by atoms with Crippen LogP contribution in [0.15, 0.2) is 51.8 Å². The number of carbonyl (C=O) groups excluding carboxylic acids is 1. The highest BCUT2D eigenvalue weighted by Crippen LogP contribution is 2.40. The Bertz CT molecular complexity index is 1170. The van der Waals surface area contributed by atoms with Crippen molar-refractivity contribution in [3.05, 3.63) is 52.5 Å². The molecule has 0 saturated carbocycles. The molecule has 2 aliphatic heterocycles. The van der Waals surface area contributed by atoms with Crippen molar-refractivity contribution in [2.24, 2.45) is 5.92 Å². The van der Waals surface area contributed by atoms with Gasteiger partial charge in [0.15, 0.2) is 6.10 Å². The molecule has 7 nitrogen and oxygen atoms in total. The topological polar surface area (TPSA) is 82.1 Å². The molecule has 34 heavy (non-hydrogen) atoms. The molecule has 4 rings (SSSR count). The standard InChI is InChI=1S/C22H21BrF3NO6S/c23-16-4-5-20-19(11-16)27(34(29,30)18-3-1-2-15(10-18)22(24,25)26)12-17(33-20)13-32-21(28)14-6-8-31-9-7-14/h1-5,10-11,14,17H,6-9,12-13H2/t17-/m0/s1. The average molecular weight is 564 g/mol. The molecular formula is C22H21BrF3NO6S. The van der Waals surface area contributed by atoms with Crippen molar-refractivity contribution < 1.29 is 40.6 Å². The van der Waals surface area contributed by atoms with Gasteiger partial charge in [-0.25, -0.2) is 8.42 Å². The van der Waals surface area contributed by atoms with Crippen LogP contribution in [-0.2, 0) is 30.5 Å². The second-order valence-electron chi connectivity index (χ2n) is 7.93. The van der Waals surface area contributed by atoms with Crippen LogP contribution in [0.1, 0.15) is 18.4 Å². The summed E-state index contributed by atoms with van der Waals surface area (Å²) in [4.78, 5) is 11.9. The molecule has 0 radical (unpaired) electrons. The average Bonchev–Trinajstić information content (AvgIpc) is 2.82. The van der Waals surface area contributed by atoms with Crippen molar-refractivity contribution in [2.75, 3.05) is 30.7 Å². The predicted molar refractivity (Wildman–Crippen MR) is 119 cm³/mol. The number of ether oxygens (including phenoxy) is 3. The van der Waals surface area contributed by atoms with Crippen molar-refractivity contribution in [1.82, 2.24) is 0 Å². The number of hydrogen-bond acceptors (Lipinski definition) is 6. The summed E-state index contributed by atoms with van der Waals surface area (Å²) >= 11 is 3.28. The molecule has 0 spiro atoms. The van der Waals surface area contributed by atoms with E-state index in [0.717, 1.165) is 22.5 Å². The van der Waals surface area contributed by atoms with E-state index in [1.54, 1.807) is 12.1 Å². The normalized spacial score (nSPS) is 19.3. The lowest BCUT2D eigenvalue weighted by Crippen LogP contribution is -2.46. The highest BCUT2D eigenvalue weighted by molar-refractivity contribution is 9.10. The molecule has 2 aromatic rings. The SMILES string of the molecule is O=C(OC[C@@H]1CN(S(=O)(=O)c2cccc(C(F)(F)F)c2)c2cc(Br)ccc2O1)C1CCOCC1. The molecule has 0 amide bonds. The molecule has 0 bridgehead atoms. The van der Waals surface area contributed by atoms with E-state index in [4.69, 9.17) is 14.2 Å². The molecule has 2 heterocycles. The van der Waals surface area contributed by atoms with E-state index >= 15 is 0 Å². The summed E-state index contributed by atoms with van der Waals surface area (Å²) in [6.45, 7) is 0.472. The fraction of sp³-hybridized carbons (Fsp3) is 0.409. The van der Waals surface area contributed by atoms with Crippen LogP contribution in [0.25, 0.3) is 0 Å². The van der Waals surface area contributed by atoms with Gasteiger partial charge in [0.2, 0.25) is 0 Å². The van der Waals surface area contributed by atoms with Crippen molar-refractivity contribution in [3.63, 3.8) is 0 Å². The Labute approximate surface area is 203 Å². The lowest BCUT2D eigenvalue weighted by atomic mass is 10.0. The first-order valence-corrected chi connectivity index (χ1v) is 12.7. The fourth-order valence-electron chi connectivity index (χ4n) is 3.79. The van der Waals surface area contributed by atoms with Gasteiger partial charge in [-0.3, -0.25) is 9.10 Å². The number of anilines is 1. The van der Waals surface area contributed by atoms with E-state index in [1.807, 2.05) is 0 Å². The molecule has 1 atom stereocenters. The van der Waals surface area contributed by atoms with Crippen molar-refractivity contribution in [3.8, 4) is 5.75 Å². The number of fused-ring (bicyclic) bond motifs is 1. The second kappa shape index (κ2) is 9.74. The van der Waals surface area contributed by atoms with Crippen LogP contribution in [0.2, 0.25) is 0 Å². The smallest absolute Gasteiger partial charge is 0.416 e. The maximum absolute atomic E-state index is 13.4. The van der Waals surface area contributed by atoms with E-state index in [1.165, 1.54) is 6.07 Å². The van der Waals surface area contributed by atoms with Crippen molar-refractivity contribution >= 4 is 37.6 Å². The third-order valence-electron chi connectivity index (χ3n) is 5.57. The third-order valence-corrected chi connectivity index (χ3v) is 7.84. The Morgan fingerprint density at radius 3 is 2.59 bits per heavy atom. The summed E-state index contributed by atoms with van der Waals surface area (Å²) in [5.74, 6) is -0.511.